The molecule has 0 spiro atoms. The topological polar surface area (TPSA) is 84.7 Å². The summed E-state index contributed by atoms with van der Waals surface area (Å²) < 4.78 is 5.23. The average Bonchev–Trinajstić information content (AvgIpc) is 2.56. The number of benzene rings is 2. The number of alkyl carbamates (subject to hydrolysis) is 1. The van der Waals surface area contributed by atoms with Crippen LogP contribution in [0.3, 0.4) is 0 Å². The predicted octanol–water partition coefficient (Wildman–Crippen LogP) is 3.85. The molecule has 138 valence electrons. The lowest BCUT2D eigenvalue weighted by molar-refractivity contribution is -0.119. The molecule has 6 heteroatoms. The molecule has 0 fully saturated rings. The highest BCUT2D eigenvalue weighted by molar-refractivity contribution is 6.04. The number of nitrogens with zero attached hydrogens (tertiary/aromatic N) is 1. The summed E-state index contributed by atoms with van der Waals surface area (Å²) in [5.41, 5.74) is 7.07. The van der Waals surface area contributed by atoms with E-state index < -0.39 is 17.7 Å². The van der Waals surface area contributed by atoms with Crippen molar-refractivity contribution in [3.63, 3.8) is 0 Å². The van der Waals surface area contributed by atoms with Gasteiger partial charge in [-0.2, -0.15) is 0 Å². The maximum atomic E-state index is 13.1. The number of amides is 2. The van der Waals surface area contributed by atoms with E-state index in [9.17, 15) is 9.59 Å². The van der Waals surface area contributed by atoms with E-state index in [0.717, 1.165) is 0 Å². The van der Waals surface area contributed by atoms with Crippen molar-refractivity contribution < 1.29 is 14.3 Å². The fourth-order valence-corrected chi connectivity index (χ4v) is 2.34. The Morgan fingerprint density at radius 3 is 2.08 bits per heavy atom. The zero-order valence-electron chi connectivity index (χ0n) is 15.5. The van der Waals surface area contributed by atoms with Gasteiger partial charge >= 0.3 is 6.09 Å². The Morgan fingerprint density at radius 2 is 1.54 bits per heavy atom. The summed E-state index contributed by atoms with van der Waals surface area (Å²) in [6.07, 6.45) is -0.635. The molecule has 3 N–H and O–H groups in total. The first kappa shape index (κ1) is 19.3. The van der Waals surface area contributed by atoms with E-state index in [4.69, 9.17) is 10.5 Å². The maximum absolute atomic E-state index is 13.1. The third kappa shape index (κ3) is 5.24. The van der Waals surface area contributed by atoms with Crippen molar-refractivity contribution in [3.8, 4) is 0 Å². The number of hydrogen-bond acceptors (Lipinski definition) is 4. The minimum absolute atomic E-state index is 0.285. The quantitative estimate of drug-likeness (QED) is 0.816. The molecule has 1 atom stereocenters. The molecule has 0 aliphatic carbocycles. The van der Waals surface area contributed by atoms with Gasteiger partial charge in [-0.1, -0.05) is 18.2 Å². The Balaban J connectivity index is 2.26. The van der Waals surface area contributed by atoms with E-state index in [1.54, 1.807) is 56.9 Å². The minimum atomic E-state index is -0.775. The summed E-state index contributed by atoms with van der Waals surface area (Å²) in [5, 5.41) is 2.59. The summed E-state index contributed by atoms with van der Waals surface area (Å²) in [5.74, 6) is -0.285. The smallest absolute Gasteiger partial charge is 0.408 e. The van der Waals surface area contributed by atoms with E-state index in [0.29, 0.717) is 17.1 Å². The Hall–Kier alpha value is -3.02. The molecular weight excluding hydrogens is 330 g/mol. The van der Waals surface area contributed by atoms with E-state index >= 15 is 0 Å². The molecule has 0 aliphatic rings. The molecule has 0 heterocycles. The molecule has 2 aromatic rings. The number of carbonyl (C=O) groups excluding carboxylic acids is 2. The van der Waals surface area contributed by atoms with Crippen LogP contribution in [0.2, 0.25) is 0 Å². The van der Waals surface area contributed by atoms with Crippen LogP contribution >= 0.6 is 0 Å². The Bertz CT molecular complexity index is 752. The number of carbonyl (C=O) groups is 2. The van der Waals surface area contributed by atoms with Crippen molar-refractivity contribution in [3.05, 3.63) is 54.6 Å². The summed E-state index contributed by atoms with van der Waals surface area (Å²) in [6.45, 7) is 6.93. The standard InChI is InChI=1S/C20H25N3O3/c1-14(22-19(25)26-20(2,3)4)18(24)23(16-8-6-5-7-9-16)17-12-10-15(21)11-13-17/h5-14H,21H2,1-4H3,(H,22,25). The molecule has 0 bridgehead atoms. The number of hydrogen-bond donors (Lipinski definition) is 2. The van der Waals surface area contributed by atoms with E-state index in [1.165, 1.54) is 0 Å². The summed E-state index contributed by atoms with van der Waals surface area (Å²) in [7, 11) is 0. The lowest BCUT2D eigenvalue weighted by Gasteiger charge is -2.27. The maximum Gasteiger partial charge on any atom is 0.408 e. The summed E-state index contributed by atoms with van der Waals surface area (Å²) in [6, 6.07) is 15.4. The fraction of sp³-hybridized carbons (Fsp3) is 0.300. The van der Waals surface area contributed by atoms with Gasteiger partial charge < -0.3 is 15.8 Å². The van der Waals surface area contributed by atoms with Gasteiger partial charge in [-0.15, -0.1) is 0 Å². The molecule has 2 amide bonds. The molecule has 0 saturated carbocycles. The molecule has 1 unspecified atom stereocenters. The van der Waals surface area contributed by atoms with Crippen LogP contribution in [0.1, 0.15) is 27.7 Å². The zero-order chi connectivity index (χ0) is 19.3. The molecule has 26 heavy (non-hydrogen) atoms. The van der Waals surface area contributed by atoms with Crippen molar-refractivity contribution >= 4 is 29.1 Å². The van der Waals surface area contributed by atoms with Crippen LogP contribution < -0.4 is 16.0 Å². The first-order valence-electron chi connectivity index (χ1n) is 8.41. The third-order valence-corrected chi connectivity index (χ3v) is 3.49. The van der Waals surface area contributed by atoms with Crippen LogP contribution in [-0.4, -0.2) is 23.6 Å². The van der Waals surface area contributed by atoms with Crippen LogP contribution in [-0.2, 0) is 9.53 Å². The van der Waals surface area contributed by atoms with Crippen molar-refractivity contribution in [2.75, 3.05) is 10.6 Å². The molecule has 2 aromatic carbocycles. The average molecular weight is 355 g/mol. The number of nitrogen functional groups attached to an aromatic ring is 1. The van der Waals surface area contributed by atoms with E-state index in [1.807, 2.05) is 30.3 Å². The van der Waals surface area contributed by atoms with Gasteiger partial charge in [0.05, 0.1) is 0 Å². The van der Waals surface area contributed by atoms with Crippen molar-refractivity contribution in [1.29, 1.82) is 0 Å². The second kappa shape index (κ2) is 7.91. The van der Waals surface area contributed by atoms with Gasteiger partial charge in [0.15, 0.2) is 0 Å². The Morgan fingerprint density at radius 1 is 1.00 bits per heavy atom. The molecule has 0 saturated heterocycles. The largest absolute Gasteiger partial charge is 0.444 e. The highest BCUT2D eigenvalue weighted by Gasteiger charge is 2.26. The van der Waals surface area contributed by atoms with Crippen LogP contribution in [0.5, 0.6) is 0 Å². The first-order chi connectivity index (χ1) is 12.2. The van der Waals surface area contributed by atoms with E-state index in [2.05, 4.69) is 5.32 Å². The van der Waals surface area contributed by atoms with Crippen molar-refractivity contribution in [1.82, 2.24) is 5.32 Å². The SMILES string of the molecule is CC(NC(=O)OC(C)(C)C)C(=O)N(c1ccccc1)c1ccc(N)cc1. The fourth-order valence-electron chi connectivity index (χ4n) is 2.34. The van der Waals surface area contributed by atoms with Gasteiger partial charge in [0.1, 0.15) is 11.6 Å². The van der Waals surface area contributed by atoms with Crippen molar-refractivity contribution in [2.45, 2.75) is 39.3 Å². The molecule has 0 aromatic heterocycles. The number of nitrogens with two attached hydrogens (primary N) is 1. The van der Waals surface area contributed by atoms with Crippen LogP contribution in [0.15, 0.2) is 54.6 Å². The molecule has 2 rings (SSSR count). The summed E-state index contributed by atoms with van der Waals surface area (Å²) in [4.78, 5) is 26.6. The number of nitrogens with one attached hydrogen (secondary N) is 1. The predicted molar refractivity (Wildman–Crippen MR) is 103 cm³/mol. The van der Waals surface area contributed by atoms with Crippen LogP contribution in [0, 0.1) is 0 Å². The minimum Gasteiger partial charge on any atom is -0.444 e. The highest BCUT2D eigenvalue weighted by Crippen LogP contribution is 2.27. The van der Waals surface area contributed by atoms with Crippen molar-refractivity contribution in [2.24, 2.45) is 0 Å². The van der Waals surface area contributed by atoms with Gasteiger partial charge in [-0.25, -0.2) is 4.79 Å². The second-order valence-electron chi connectivity index (χ2n) is 6.97. The highest BCUT2D eigenvalue weighted by atomic mass is 16.6. The number of para-hydroxylation sites is 1. The van der Waals surface area contributed by atoms with Gasteiger partial charge in [-0.05, 0) is 64.1 Å². The number of anilines is 3. The third-order valence-electron chi connectivity index (χ3n) is 3.49. The second-order valence-corrected chi connectivity index (χ2v) is 6.97. The Kier molecular flexibility index (Phi) is 5.87. The monoisotopic (exact) mass is 355 g/mol. The van der Waals surface area contributed by atoms with Crippen LogP contribution in [0.25, 0.3) is 0 Å². The Labute approximate surface area is 153 Å². The lowest BCUT2D eigenvalue weighted by Crippen LogP contribution is -2.47. The molecular formula is C20H25N3O3. The first-order valence-corrected chi connectivity index (χ1v) is 8.41. The van der Waals surface area contributed by atoms with Gasteiger partial charge in [0, 0.05) is 17.1 Å². The zero-order valence-corrected chi connectivity index (χ0v) is 15.5. The molecule has 6 nitrogen and oxygen atoms in total. The van der Waals surface area contributed by atoms with Gasteiger partial charge in [0.2, 0.25) is 0 Å². The van der Waals surface area contributed by atoms with Gasteiger partial charge in [-0.3, -0.25) is 9.69 Å². The number of ether oxygens (including phenoxy) is 1. The normalized spacial score (nSPS) is 12.2. The summed E-state index contributed by atoms with van der Waals surface area (Å²) >= 11 is 0. The van der Waals surface area contributed by atoms with Crippen LogP contribution in [0.4, 0.5) is 21.9 Å². The lowest BCUT2D eigenvalue weighted by atomic mass is 10.2. The van der Waals surface area contributed by atoms with Gasteiger partial charge in [0.25, 0.3) is 5.91 Å². The molecule has 0 aliphatic heterocycles. The molecule has 0 radical (unpaired) electrons. The number of rotatable bonds is 4. The van der Waals surface area contributed by atoms with E-state index in [-0.39, 0.29) is 5.91 Å².